The van der Waals surface area contributed by atoms with Crippen LogP contribution in [0.1, 0.15) is 25.0 Å². The molecular formula is C20H22ClNO4. The van der Waals surface area contributed by atoms with E-state index >= 15 is 0 Å². The summed E-state index contributed by atoms with van der Waals surface area (Å²) in [6.45, 7) is 6.96. The number of nitrogens with one attached hydrogen (secondary N) is 1. The normalized spacial score (nSPS) is 12.8. The summed E-state index contributed by atoms with van der Waals surface area (Å²) in [5, 5.41) is 3.34. The summed E-state index contributed by atoms with van der Waals surface area (Å²) >= 11 is 5.81. The van der Waals surface area contributed by atoms with E-state index in [1.165, 1.54) is 6.92 Å². The minimum atomic E-state index is -0.945. The van der Waals surface area contributed by atoms with Gasteiger partial charge in [0, 0.05) is 10.7 Å². The molecule has 0 saturated carbocycles. The summed E-state index contributed by atoms with van der Waals surface area (Å²) in [6.07, 6.45) is -1.80. The molecule has 0 radical (unpaired) electrons. The molecule has 0 unspecified atom stereocenters. The minimum Gasteiger partial charge on any atom is -0.479 e. The topological polar surface area (TPSA) is 64.6 Å². The summed E-state index contributed by atoms with van der Waals surface area (Å²) in [5.74, 6) is -0.529. The van der Waals surface area contributed by atoms with Crippen molar-refractivity contribution in [3.63, 3.8) is 0 Å². The molecule has 26 heavy (non-hydrogen) atoms. The van der Waals surface area contributed by atoms with Crippen molar-refractivity contribution in [2.75, 3.05) is 5.32 Å². The van der Waals surface area contributed by atoms with E-state index in [1.807, 2.05) is 32.0 Å². The molecule has 138 valence electrons. The second-order valence-corrected chi connectivity index (χ2v) is 6.54. The maximum atomic E-state index is 12.3. The number of ether oxygens (including phenoxy) is 2. The molecule has 0 bridgehead atoms. The number of benzene rings is 2. The highest BCUT2D eigenvalue weighted by atomic mass is 35.5. The molecule has 6 heteroatoms. The number of carbonyl (C=O) groups is 2. The van der Waals surface area contributed by atoms with E-state index in [-0.39, 0.29) is 0 Å². The number of aryl methyl sites for hydroxylation is 2. The maximum Gasteiger partial charge on any atom is 0.347 e. The lowest BCUT2D eigenvalue weighted by molar-refractivity contribution is -0.159. The molecule has 5 nitrogen and oxygen atoms in total. The van der Waals surface area contributed by atoms with E-state index in [0.717, 1.165) is 11.1 Å². The summed E-state index contributed by atoms with van der Waals surface area (Å²) in [4.78, 5) is 24.4. The van der Waals surface area contributed by atoms with E-state index in [9.17, 15) is 9.59 Å². The van der Waals surface area contributed by atoms with Crippen molar-refractivity contribution >= 4 is 29.2 Å². The van der Waals surface area contributed by atoms with Gasteiger partial charge in [0.25, 0.3) is 5.91 Å². The van der Waals surface area contributed by atoms with Crippen LogP contribution < -0.4 is 10.1 Å². The van der Waals surface area contributed by atoms with Crippen LogP contribution in [0.5, 0.6) is 5.75 Å². The Hall–Kier alpha value is -2.53. The third-order valence-electron chi connectivity index (χ3n) is 3.76. The number of carbonyl (C=O) groups excluding carboxylic acids is 2. The number of anilines is 1. The first-order chi connectivity index (χ1) is 12.3. The summed E-state index contributed by atoms with van der Waals surface area (Å²) in [5.41, 5.74) is 2.73. The van der Waals surface area contributed by atoms with E-state index in [2.05, 4.69) is 5.32 Å². The van der Waals surface area contributed by atoms with Crippen LogP contribution in [0.2, 0.25) is 5.02 Å². The number of hydrogen-bond acceptors (Lipinski definition) is 4. The lowest BCUT2D eigenvalue weighted by atomic mass is 10.1. The molecule has 0 aliphatic carbocycles. The van der Waals surface area contributed by atoms with Gasteiger partial charge in [-0.3, -0.25) is 4.79 Å². The second-order valence-electron chi connectivity index (χ2n) is 6.10. The molecule has 2 aromatic carbocycles. The first-order valence-electron chi connectivity index (χ1n) is 8.27. The molecule has 0 aromatic heterocycles. The third-order valence-corrected chi connectivity index (χ3v) is 4.01. The molecule has 0 heterocycles. The maximum absolute atomic E-state index is 12.3. The van der Waals surface area contributed by atoms with Crippen molar-refractivity contribution in [3.8, 4) is 5.75 Å². The Morgan fingerprint density at radius 2 is 1.65 bits per heavy atom. The Morgan fingerprint density at radius 1 is 1.00 bits per heavy atom. The van der Waals surface area contributed by atoms with Crippen LogP contribution >= 0.6 is 11.6 Å². The minimum absolute atomic E-state index is 0.399. The monoisotopic (exact) mass is 375 g/mol. The van der Waals surface area contributed by atoms with Gasteiger partial charge < -0.3 is 14.8 Å². The zero-order valence-corrected chi connectivity index (χ0v) is 16.0. The molecule has 2 aromatic rings. The molecule has 2 atom stereocenters. The fourth-order valence-corrected chi connectivity index (χ4v) is 2.40. The van der Waals surface area contributed by atoms with Gasteiger partial charge in [-0.15, -0.1) is 0 Å². The van der Waals surface area contributed by atoms with Gasteiger partial charge in [-0.2, -0.15) is 0 Å². The van der Waals surface area contributed by atoms with Gasteiger partial charge in [-0.25, -0.2) is 4.79 Å². The SMILES string of the molecule is Cc1ccc(NC(=O)[C@H](C)OC(=O)[C@@H](C)Oc2ccc(Cl)cc2)c(C)c1. The van der Waals surface area contributed by atoms with Crippen LogP contribution in [0.4, 0.5) is 5.69 Å². The van der Waals surface area contributed by atoms with E-state index < -0.39 is 24.1 Å². The zero-order valence-electron chi connectivity index (χ0n) is 15.2. The largest absolute Gasteiger partial charge is 0.479 e. The second kappa shape index (κ2) is 8.72. The predicted molar refractivity (Wildman–Crippen MR) is 102 cm³/mol. The van der Waals surface area contributed by atoms with Crippen molar-refractivity contribution in [2.45, 2.75) is 39.9 Å². The predicted octanol–water partition coefficient (Wildman–Crippen LogP) is 4.29. The summed E-state index contributed by atoms with van der Waals surface area (Å²) in [7, 11) is 0. The number of rotatable bonds is 6. The van der Waals surface area contributed by atoms with Gasteiger partial charge in [0.05, 0.1) is 0 Å². The van der Waals surface area contributed by atoms with Gasteiger partial charge in [0.15, 0.2) is 12.2 Å². The van der Waals surface area contributed by atoms with Crippen molar-refractivity contribution in [1.29, 1.82) is 0 Å². The Morgan fingerprint density at radius 3 is 2.27 bits per heavy atom. The van der Waals surface area contributed by atoms with Crippen LogP contribution in [0.15, 0.2) is 42.5 Å². The molecule has 0 fully saturated rings. The van der Waals surface area contributed by atoms with Crippen LogP contribution in [0, 0.1) is 13.8 Å². The zero-order chi connectivity index (χ0) is 19.3. The van der Waals surface area contributed by atoms with Crippen molar-refractivity contribution in [3.05, 3.63) is 58.6 Å². The highest BCUT2D eigenvalue weighted by molar-refractivity contribution is 6.30. The lowest BCUT2D eigenvalue weighted by Crippen LogP contribution is -2.35. The molecule has 0 spiro atoms. The van der Waals surface area contributed by atoms with E-state index in [0.29, 0.717) is 16.5 Å². The van der Waals surface area contributed by atoms with Crippen molar-refractivity contribution < 1.29 is 19.1 Å². The summed E-state index contributed by atoms with van der Waals surface area (Å²) in [6, 6.07) is 12.3. The number of esters is 1. The number of hydrogen-bond donors (Lipinski definition) is 1. The molecule has 0 aliphatic rings. The Balaban J connectivity index is 1.90. The van der Waals surface area contributed by atoms with Gasteiger partial charge in [0.1, 0.15) is 5.75 Å². The lowest BCUT2D eigenvalue weighted by Gasteiger charge is -2.18. The number of amides is 1. The van der Waals surface area contributed by atoms with Crippen molar-refractivity contribution in [1.82, 2.24) is 0 Å². The highest BCUT2D eigenvalue weighted by Crippen LogP contribution is 2.18. The van der Waals surface area contributed by atoms with Gasteiger partial charge in [-0.05, 0) is 63.6 Å². The highest BCUT2D eigenvalue weighted by Gasteiger charge is 2.23. The van der Waals surface area contributed by atoms with Crippen LogP contribution in [-0.2, 0) is 14.3 Å². The quantitative estimate of drug-likeness (QED) is 0.765. The van der Waals surface area contributed by atoms with Gasteiger partial charge in [-0.1, -0.05) is 29.3 Å². The molecule has 0 aliphatic heterocycles. The molecule has 2 rings (SSSR count). The standard InChI is InChI=1S/C20H22ClNO4/c1-12-5-10-18(13(2)11-12)22-19(23)14(3)26-20(24)15(4)25-17-8-6-16(21)7-9-17/h5-11,14-15H,1-4H3,(H,22,23)/t14-,15+/m0/s1. The third kappa shape index (κ3) is 5.49. The molecule has 0 saturated heterocycles. The van der Waals surface area contributed by atoms with E-state index in [4.69, 9.17) is 21.1 Å². The fourth-order valence-electron chi connectivity index (χ4n) is 2.28. The molecular weight excluding hydrogens is 354 g/mol. The first-order valence-corrected chi connectivity index (χ1v) is 8.65. The Bertz CT molecular complexity index is 789. The summed E-state index contributed by atoms with van der Waals surface area (Å²) < 4.78 is 10.7. The smallest absolute Gasteiger partial charge is 0.347 e. The first kappa shape index (κ1) is 19.8. The fraction of sp³-hybridized carbons (Fsp3) is 0.300. The van der Waals surface area contributed by atoms with Gasteiger partial charge >= 0.3 is 5.97 Å². The average Bonchev–Trinajstić information content (AvgIpc) is 2.59. The van der Waals surface area contributed by atoms with Crippen LogP contribution in [0.3, 0.4) is 0 Å². The number of halogens is 1. The Labute approximate surface area is 158 Å². The van der Waals surface area contributed by atoms with Crippen molar-refractivity contribution in [2.24, 2.45) is 0 Å². The Kier molecular flexibility index (Phi) is 6.64. The van der Waals surface area contributed by atoms with Crippen LogP contribution in [-0.4, -0.2) is 24.1 Å². The van der Waals surface area contributed by atoms with Gasteiger partial charge in [0.2, 0.25) is 0 Å². The molecule has 1 amide bonds. The van der Waals surface area contributed by atoms with E-state index in [1.54, 1.807) is 31.2 Å². The average molecular weight is 376 g/mol. The van der Waals surface area contributed by atoms with Crippen LogP contribution in [0.25, 0.3) is 0 Å². The molecule has 1 N–H and O–H groups in total.